The Bertz CT molecular complexity index is 1020. The molecule has 0 aliphatic carbocycles. The number of hydrogen-bond acceptors (Lipinski definition) is 3. The molecular formula is C20H19BF6N2O3. The molecule has 1 aliphatic rings. The molecule has 1 saturated heterocycles. The number of nitrogens with one attached hydrogen (secondary N) is 2. The van der Waals surface area contributed by atoms with E-state index >= 15 is 0 Å². The highest BCUT2D eigenvalue weighted by Crippen LogP contribution is 2.37. The number of hydrogen-bond donors (Lipinski definition) is 2. The summed E-state index contributed by atoms with van der Waals surface area (Å²) in [7, 11) is -1.05. The molecular weight excluding hydrogens is 441 g/mol. The van der Waals surface area contributed by atoms with E-state index in [2.05, 4.69) is 0 Å². The fourth-order valence-electron chi connectivity index (χ4n) is 2.92. The Hall–Kier alpha value is -2.73. The van der Waals surface area contributed by atoms with E-state index in [0.29, 0.717) is 12.1 Å². The molecule has 0 radical (unpaired) electrons. The van der Waals surface area contributed by atoms with Crippen LogP contribution in [-0.4, -0.2) is 24.4 Å². The minimum atomic E-state index is -4.99. The quantitative estimate of drug-likeness (QED) is 0.497. The molecule has 1 aliphatic heterocycles. The summed E-state index contributed by atoms with van der Waals surface area (Å²) in [6.07, 6.45) is -4.99. The summed E-state index contributed by atoms with van der Waals surface area (Å²) in [6, 6.07) is 2.35. The van der Waals surface area contributed by atoms with Gasteiger partial charge in [-0.15, -0.1) is 0 Å². The van der Waals surface area contributed by atoms with E-state index in [1.807, 2.05) is 10.6 Å². The van der Waals surface area contributed by atoms with Gasteiger partial charge in [0.05, 0.1) is 16.8 Å². The number of rotatable bonds is 3. The van der Waals surface area contributed by atoms with Gasteiger partial charge in [-0.2, -0.15) is 13.2 Å². The lowest BCUT2D eigenvalue weighted by atomic mass is 9.79. The summed E-state index contributed by atoms with van der Waals surface area (Å²) in [5.74, 6) is -3.83. The number of anilines is 2. The van der Waals surface area contributed by atoms with E-state index in [9.17, 15) is 31.1 Å². The second-order valence-corrected chi connectivity index (χ2v) is 8.22. The van der Waals surface area contributed by atoms with Crippen molar-refractivity contribution < 1.29 is 40.4 Å². The lowest BCUT2D eigenvalue weighted by Gasteiger charge is -2.32. The van der Waals surface area contributed by atoms with Crippen LogP contribution in [0.4, 0.5) is 42.5 Å². The molecule has 1 heterocycles. The van der Waals surface area contributed by atoms with E-state index < -0.39 is 64.9 Å². The Labute approximate surface area is 180 Å². The number of halogens is 6. The zero-order valence-corrected chi connectivity index (χ0v) is 17.5. The largest absolute Gasteiger partial charge is 0.495 e. The van der Waals surface area contributed by atoms with Crippen molar-refractivity contribution in [2.75, 3.05) is 10.6 Å². The molecule has 5 nitrogen and oxygen atoms in total. The summed E-state index contributed by atoms with van der Waals surface area (Å²) in [4.78, 5) is 12.1. The first-order valence-electron chi connectivity index (χ1n) is 9.40. The standard InChI is InChI=1S/C20H19BF6N2O3/c1-18(2)19(3,4)32-21(31-18)10-7-14(23)16(15(24)8-10)29-17(30)28-11-5-6-13(22)12(9-11)20(25,26)27/h5-9H,1-4H3,(H2,28,29,30). The third kappa shape index (κ3) is 4.70. The average molecular weight is 460 g/mol. The first-order valence-corrected chi connectivity index (χ1v) is 9.40. The zero-order chi connectivity index (χ0) is 24.1. The molecule has 12 heteroatoms. The van der Waals surface area contributed by atoms with Crippen molar-refractivity contribution in [2.45, 2.75) is 45.1 Å². The first kappa shape index (κ1) is 23.9. The van der Waals surface area contributed by atoms with Crippen molar-refractivity contribution >= 4 is 30.0 Å². The van der Waals surface area contributed by atoms with Crippen LogP contribution in [0.25, 0.3) is 0 Å². The first-order chi connectivity index (χ1) is 14.6. The monoisotopic (exact) mass is 460 g/mol. The SMILES string of the molecule is CC1(C)OB(c2cc(F)c(NC(=O)Nc3ccc(F)c(C(F)(F)F)c3)c(F)c2)OC1(C)C. The van der Waals surface area contributed by atoms with Crippen molar-refractivity contribution in [2.24, 2.45) is 0 Å². The number of carbonyl (C=O) groups excluding carboxylic acids is 1. The van der Waals surface area contributed by atoms with Crippen LogP contribution in [-0.2, 0) is 15.5 Å². The molecule has 0 spiro atoms. The maximum atomic E-state index is 14.5. The maximum Gasteiger partial charge on any atom is 0.495 e. The highest BCUT2D eigenvalue weighted by molar-refractivity contribution is 6.62. The van der Waals surface area contributed by atoms with Gasteiger partial charge in [-0.25, -0.2) is 18.0 Å². The summed E-state index contributed by atoms with van der Waals surface area (Å²) < 4.78 is 92.2. The predicted molar refractivity (Wildman–Crippen MR) is 106 cm³/mol. The molecule has 2 amide bonds. The number of carbonyl (C=O) groups is 1. The van der Waals surface area contributed by atoms with E-state index in [-0.39, 0.29) is 5.46 Å². The Morgan fingerprint density at radius 3 is 1.91 bits per heavy atom. The molecule has 0 atom stereocenters. The molecule has 1 fully saturated rings. The number of alkyl halides is 3. The molecule has 2 aromatic carbocycles. The molecule has 0 saturated carbocycles. The summed E-state index contributed by atoms with van der Waals surface area (Å²) >= 11 is 0. The highest BCUT2D eigenvalue weighted by atomic mass is 19.4. The maximum absolute atomic E-state index is 14.5. The number of benzene rings is 2. The summed E-state index contributed by atoms with van der Waals surface area (Å²) in [5, 5.41) is 3.87. The third-order valence-corrected chi connectivity index (χ3v) is 5.36. The molecule has 0 unspecified atom stereocenters. The second-order valence-electron chi connectivity index (χ2n) is 8.22. The van der Waals surface area contributed by atoms with Crippen LogP contribution in [0.5, 0.6) is 0 Å². The predicted octanol–water partition coefficient (Wildman–Crippen LogP) is 5.07. The lowest BCUT2D eigenvalue weighted by molar-refractivity contribution is -0.139. The van der Waals surface area contributed by atoms with Crippen LogP contribution in [0, 0.1) is 17.5 Å². The highest BCUT2D eigenvalue weighted by Gasteiger charge is 2.52. The van der Waals surface area contributed by atoms with Gasteiger partial charge in [0.2, 0.25) is 0 Å². The van der Waals surface area contributed by atoms with Crippen LogP contribution < -0.4 is 16.1 Å². The minimum absolute atomic E-state index is 0.0398. The van der Waals surface area contributed by atoms with Crippen molar-refractivity contribution in [3.05, 3.63) is 53.3 Å². The van der Waals surface area contributed by atoms with Gasteiger partial charge in [-0.3, -0.25) is 0 Å². The van der Waals surface area contributed by atoms with Crippen LogP contribution in [0.15, 0.2) is 30.3 Å². The van der Waals surface area contributed by atoms with Crippen LogP contribution in [0.2, 0.25) is 0 Å². The molecule has 2 aromatic rings. The topological polar surface area (TPSA) is 59.6 Å². The summed E-state index contributed by atoms with van der Waals surface area (Å²) in [5.41, 5.74) is -4.30. The van der Waals surface area contributed by atoms with E-state index in [1.165, 1.54) is 0 Å². The van der Waals surface area contributed by atoms with E-state index in [1.54, 1.807) is 27.7 Å². The normalized spacial score (nSPS) is 17.4. The lowest BCUT2D eigenvalue weighted by Crippen LogP contribution is -2.41. The van der Waals surface area contributed by atoms with Crippen molar-refractivity contribution in [3.8, 4) is 0 Å². The fraction of sp³-hybridized carbons (Fsp3) is 0.350. The zero-order valence-electron chi connectivity index (χ0n) is 17.5. The Kier molecular flexibility index (Phi) is 5.98. The molecule has 3 rings (SSSR count). The van der Waals surface area contributed by atoms with Crippen molar-refractivity contribution in [1.29, 1.82) is 0 Å². The van der Waals surface area contributed by atoms with Gasteiger partial charge in [0.1, 0.15) is 23.1 Å². The Morgan fingerprint density at radius 2 is 1.41 bits per heavy atom. The Morgan fingerprint density at radius 1 is 0.875 bits per heavy atom. The minimum Gasteiger partial charge on any atom is -0.399 e. The van der Waals surface area contributed by atoms with Crippen molar-refractivity contribution in [3.63, 3.8) is 0 Å². The van der Waals surface area contributed by atoms with Gasteiger partial charge in [-0.1, -0.05) is 0 Å². The molecule has 32 heavy (non-hydrogen) atoms. The third-order valence-electron chi connectivity index (χ3n) is 5.36. The molecule has 2 N–H and O–H groups in total. The van der Waals surface area contributed by atoms with Gasteiger partial charge in [-0.05, 0) is 63.5 Å². The number of urea groups is 1. The molecule has 0 aromatic heterocycles. The van der Waals surface area contributed by atoms with Crippen LogP contribution in [0.3, 0.4) is 0 Å². The Balaban J connectivity index is 1.77. The smallest absolute Gasteiger partial charge is 0.399 e. The van der Waals surface area contributed by atoms with Gasteiger partial charge in [0.25, 0.3) is 0 Å². The number of amides is 2. The van der Waals surface area contributed by atoms with Crippen LogP contribution >= 0.6 is 0 Å². The van der Waals surface area contributed by atoms with Gasteiger partial charge >= 0.3 is 19.3 Å². The molecule has 172 valence electrons. The van der Waals surface area contributed by atoms with Crippen molar-refractivity contribution in [1.82, 2.24) is 0 Å². The average Bonchev–Trinajstić information content (AvgIpc) is 2.86. The van der Waals surface area contributed by atoms with Gasteiger partial charge in [0.15, 0.2) is 0 Å². The van der Waals surface area contributed by atoms with E-state index in [4.69, 9.17) is 9.31 Å². The van der Waals surface area contributed by atoms with Gasteiger partial charge in [0, 0.05) is 5.69 Å². The second kappa shape index (κ2) is 8.00. The fourth-order valence-corrected chi connectivity index (χ4v) is 2.92. The van der Waals surface area contributed by atoms with E-state index in [0.717, 1.165) is 18.2 Å². The van der Waals surface area contributed by atoms with Crippen LogP contribution in [0.1, 0.15) is 33.3 Å². The van der Waals surface area contributed by atoms with Gasteiger partial charge < -0.3 is 19.9 Å². The molecule has 0 bridgehead atoms. The summed E-state index contributed by atoms with van der Waals surface area (Å²) in [6.45, 7) is 7.05.